The van der Waals surface area contributed by atoms with E-state index in [4.69, 9.17) is 15.2 Å². The number of nitrogens with two attached hydrogens (primary N) is 1. The van der Waals surface area contributed by atoms with Crippen molar-refractivity contribution in [3.8, 4) is 0 Å². The lowest BCUT2D eigenvalue weighted by molar-refractivity contribution is 0.0270. The summed E-state index contributed by atoms with van der Waals surface area (Å²) in [6.07, 6.45) is 1.85. The molecular formula is C25H31N3O4. The van der Waals surface area contributed by atoms with Gasteiger partial charge in [0.15, 0.2) is 0 Å². The lowest BCUT2D eigenvalue weighted by Gasteiger charge is -2.29. The van der Waals surface area contributed by atoms with Gasteiger partial charge in [-0.3, -0.25) is 5.32 Å². The molecule has 0 radical (unpaired) electrons. The number of anilines is 2. The predicted molar refractivity (Wildman–Crippen MR) is 126 cm³/mol. The molecule has 3 rings (SSSR count). The van der Waals surface area contributed by atoms with Gasteiger partial charge in [0.05, 0.1) is 11.4 Å². The fourth-order valence-electron chi connectivity index (χ4n) is 3.46. The van der Waals surface area contributed by atoms with Crippen molar-refractivity contribution in [3.63, 3.8) is 0 Å². The molecule has 0 unspecified atom stereocenters. The minimum atomic E-state index is -0.554. The largest absolute Gasteiger partial charge is 0.444 e. The summed E-state index contributed by atoms with van der Waals surface area (Å²) < 4.78 is 10.7. The van der Waals surface area contributed by atoms with Crippen LogP contribution in [0.2, 0.25) is 0 Å². The third kappa shape index (κ3) is 6.26. The van der Waals surface area contributed by atoms with Crippen LogP contribution in [0, 0.1) is 6.92 Å². The summed E-state index contributed by atoms with van der Waals surface area (Å²) in [6, 6.07) is 13.3. The highest BCUT2D eigenvalue weighted by Crippen LogP contribution is 2.31. The summed E-state index contributed by atoms with van der Waals surface area (Å²) in [5, 5.41) is 2.75. The van der Waals surface area contributed by atoms with Gasteiger partial charge in [0.25, 0.3) is 0 Å². The van der Waals surface area contributed by atoms with E-state index in [1.807, 2.05) is 76.2 Å². The highest BCUT2D eigenvalue weighted by molar-refractivity contribution is 5.91. The summed E-state index contributed by atoms with van der Waals surface area (Å²) in [4.78, 5) is 26.2. The Balaban J connectivity index is 1.63. The second-order valence-electron chi connectivity index (χ2n) is 8.85. The minimum Gasteiger partial charge on any atom is -0.444 e. The lowest BCUT2D eigenvalue weighted by Crippen LogP contribution is -2.39. The number of hydrogen-bond donors (Lipinski definition) is 2. The van der Waals surface area contributed by atoms with Gasteiger partial charge in [0.2, 0.25) is 0 Å². The molecule has 0 saturated heterocycles. The number of nitrogens with one attached hydrogen (secondary N) is 1. The first-order valence-electron chi connectivity index (χ1n) is 10.7. The number of carbonyl (C=O) groups is 2. The van der Waals surface area contributed by atoms with Gasteiger partial charge in [0.1, 0.15) is 12.2 Å². The summed E-state index contributed by atoms with van der Waals surface area (Å²) in [7, 11) is 0. The zero-order valence-electron chi connectivity index (χ0n) is 19.1. The molecule has 2 amide bonds. The van der Waals surface area contributed by atoms with Gasteiger partial charge in [-0.1, -0.05) is 36.4 Å². The van der Waals surface area contributed by atoms with Crippen LogP contribution < -0.4 is 11.1 Å². The van der Waals surface area contributed by atoms with E-state index in [0.29, 0.717) is 30.9 Å². The molecule has 0 fully saturated rings. The fourth-order valence-corrected chi connectivity index (χ4v) is 3.46. The molecule has 3 N–H and O–H groups in total. The number of nitrogen functional groups attached to an aromatic ring is 1. The van der Waals surface area contributed by atoms with Gasteiger partial charge in [-0.15, -0.1) is 0 Å². The number of carbonyl (C=O) groups excluding carboxylic acids is 2. The molecular weight excluding hydrogens is 406 g/mol. The monoisotopic (exact) mass is 437 g/mol. The normalized spacial score (nSPS) is 13.9. The Morgan fingerprint density at radius 2 is 1.88 bits per heavy atom. The number of rotatable bonds is 4. The highest BCUT2D eigenvalue weighted by Gasteiger charge is 2.24. The van der Waals surface area contributed by atoms with Crippen molar-refractivity contribution in [1.29, 1.82) is 0 Å². The second-order valence-corrected chi connectivity index (χ2v) is 8.85. The standard InChI is InChI=1S/C25H31N3O4/c1-17-14-20(19-10-12-28(13-11-19)24(30)32-25(2,3)4)15-21(26)22(17)27-23(29)31-16-18-8-6-5-7-9-18/h5-10,14-15H,11-13,16,26H2,1-4H3,(H,27,29). The molecule has 1 aliphatic heterocycles. The Hall–Kier alpha value is -3.48. The molecule has 0 spiro atoms. The first-order chi connectivity index (χ1) is 15.1. The van der Waals surface area contributed by atoms with Crippen molar-refractivity contribution in [2.24, 2.45) is 0 Å². The summed E-state index contributed by atoms with van der Waals surface area (Å²) in [5.41, 5.74) is 10.6. The van der Waals surface area contributed by atoms with Gasteiger partial charge in [-0.25, -0.2) is 9.59 Å². The Kier molecular flexibility index (Phi) is 7.08. The van der Waals surface area contributed by atoms with Crippen molar-refractivity contribution in [2.45, 2.75) is 46.3 Å². The number of benzene rings is 2. The van der Waals surface area contributed by atoms with E-state index < -0.39 is 11.7 Å². The predicted octanol–water partition coefficient (Wildman–Crippen LogP) is 5.35. The fraction of sp³-hybridized carbons (Fsp3) is 0.360. The first-order valence-corrected chi connectivity index (χ1v) is 10.7. The molecule has 32 heavy (non-hydrogen) atoms. The number of nitrogens with zero attached hydrogens (tertiary/aromatic N) is 1. The SMILES string of the molecule is Cc1cc(C2=CCN(C(=O)OC(C)(C)C)CC2)cc(N)c1NC(=O)OCc1ccccc1. The first kappa shape index (κ1) is 23.2. The summed E-state index contributed by atoms with van der Waals surface area (Å²) >= 11 is 0. The van der Waals surface area contributed by atoms with E-state index in [0.717, 1.165) is 22.3 Å². The maximum Gasteiger partial charge on any atom is 0.412 e. The van der Waals surface area contributed by atoms with Crippen LogP contribution in [0.15, 0.2) is 48.5 Å². The smallest absolute Gasteiger partial charge is 0.412 e. The van der Waals surface area contributed by atoms with Gasteiger partial charge in [-0.05, 0) is 68.5 Å². The molecule has 170 valence electrons. The Morgan fingerprint density at radius 3 is 2.47 bits per heavy atom. The molecule has 0 aromatic heterocycles. The molecule has 1 aliphatic rings. The highest BCUT2D eigenvalue weighted by atomic mass is 16.6. The number of aryl methyl sites for hydroxylation is 1. The van der Waals surface area contributed by atoms with Crippen LogP contribution in [-0.4, -0.2) is 35.8 Å². The Bertz CT molecular complexity index is 987. The minimum absolute atomic E-state index is 0.185. The van der Waals surface area contributed by atoms with Crippen LogP contribution in [0.4, 0.5) is 21.0 Å². The van der Waals surface area contributed by atoms with Crippen LogP contribution in [0.3, 0.4) is 0 Å². The number of amides is 2. The molecule has 7 nitrogen and oxygen atoms in total. The number of hydrogen-bond acceptors (Lipinski definition) is 5. The molecule has 7 heteroatoms. The van der Waals surface area contributed by atoms with Crippen LogP contribution in [-0.2, 0) is 16.1 Å². The van der Waals surface area contributed by atoms with Crippen LogP contribution in [0.5, 0.6) is 0 Å². The van der Waals surface area contributed by atoms with Crippen LogP contribution in [0.1, 0.15) is 43.9 Å². The zero-order valence-corrected chi connectivity index (χ0v) is 19.1. The van der Waals surface area contributed by atoms with E-state index in [-0.39, 0.29) is 12.7 Å². The third-order valence-electron chi connectivity index (χ3n) is 5.04. The van der Waals surface area contributed by atoms with Gasteiger partial charge in [0, 0.05) is 13.1 Å². The molecule has 2 aromatic rings. The molecule has 0 atom stereocenters. The van der Waals surface area contributed by atoms with E-state index in [9.17, 15) is 9.59 Å². The second kappa shape index (κ2) is 9.77. The molecule has 0 bridgehead atoms. The lowest BCUT2D eigenvalue weighted by atomic mass is 9.96. The van der Waals surface area contributed by atoms with Gasteiger partial charge < -0.3 is 20.1 Å². The van der Waals surface area contributed by atoms with Gasteiger partial charge in [-0.2, -0.15) is 0 Å². The molecule has 2 aromatic carbocycles. The summed E-state index contributed by atoms with van der Waals surface area (Å²) in [5.74, 6) is 0. The zero-order chi connectivity index (χ0) is 23.3. The average molecular weight is 438 g/mol. The van der Waals surface area contributed by atoms with E-state index in [1.54, 1.807) is 4.90 Å². The van der Waals surface area contributed by atoms with Gasteiger partial charge >= 0.3 is 12.2 Å². The number of ether oxygens (including phenoxy) is 2. The summed E-state index contributed by atoms with van der Waals surface area (Å²) in [6.45, 7) is 8.70. The van der Waals surface area contributed by atoms with Crippen molar-refractivity contribution in [2.75, 3.05) is 24.1 Å². The quantitative estimate of drug-likeness (QED) is 0.629. The maximum absolute atomic E-state index is 12.3. The van der Waals surface area contributed by atoms with E-state index in [2.05, 4.69) is 5.32 Å². The molecule has 0 saturated carbocycles. The van der Waals surface area contributed by atoms with Crippen molar-refractivity contribution in [3.05, 3.63) is 65.2 Å². The van der Waals surface area contributed by atoms with Crippen molar-refractivity contribution in [1.82, 2.24) is 4.90 Å². The third-order valence-corrected chi connectivity index (χ3v) is 5.04. The average Bonchev–Trinajstić information content (AvgIpc) is 2.74. The van der Waals surface area contributed by atoms with Crippen LogP contribution in [0.25, 0.3) is 5.57 Å². The molecule has 1 heterocycles. The van der Waals surface area contributed by atoms with Crippen LogP contribution >= 0.6 is 0 Å². The maximum atomic E-state index is 12.3. The molecule has 0 aliphatic carbocycles. The van der Waals surface area contributed by atoms with Crippen molar-refractivity contribution >= 4 is 29.1 Å². The van der Waals surface area contributed by atoms with Crippen molar-refractivity contribution < 1.29 is 19.1 Å². The van der Waals surface area contributed by atoms with E-state index >= 15 is 0 Å². The van der Waals surface area contributed by atoms with E-state index in [1.165, 1.54) is 0 Å². The Morgan fingerprint density at radius 1 is 1.16 bits per heavy atom. The Labute approximate surface area is 189 Å². The topological polar surface area (TPSA) is 93.9 Å².